The van der Waals surface area contributed by atoms with E-state index in [-0.39, 0.29) is 0 Å². The van der Waals surface area contributed by atoms with Crippen LogP contribution < -0.4 is 0 Å². The average molecular weight is 316 g/mol. The minimum absolute atomic E-state index is 0.692. The molecule has 0 spiro atoms. The molecule has 0 atom stereocenters. The molecule has 6 heteroatoms. The number of hydrogen-bond donors (Lipinski definition) is 0. The van der Waals surface area contributed by atoms with Gasteiger partial charge in [0.15, 0.2) is 0 Å². The van der Waals surface area contributed by atoms with Gasteiger partial charge in [-0.25, -0.2) is 0 Å². The van der Waals surface area contributed by atoms with Crippen molar-refractivity contribution in [2.45, 2.75) is 13.1 Å². The fraction of sp³-hybridized carbons (Fsp3) is 0.111. The summed E-state index contributed by atoms with van der Waals surface area (Å²) < 4.78 is 3.65. The topological polar surface area (TPSA) is 61.4 Å². The summed E-state index contributed by atoms with van der Waals surface area (Å²) in [6.45, 7) is 1.38. The van der Waals surface area contributed by atoms with Crippen LogP contribution in [0, 0.1) is 0 Å². The SMILES string of the molecule is c1ccc(-c2cn(CCn3cc(-c4ccccc4)nn3)nn2)cc1. The summed E-state index contributed by atoms with van der Waals surface area (Å²) >= 11 is 0. The Hall–Kier alpha value is -3.28. The van der Waals surface area contributed by atoms with Gasteiger partial charge in [-0.1, -0.05) is 71.1 Å². The first-order valence-corrected chi connectivity index (χ1v) is 7.79. The van der Waals surface area contributed by atoms with Gasteiger partial charge in [-0.15, -0.1) is 10.2 Å². The van der Waals surface area contributed by atoms with Crippen molar-refractivity contribution in [2.24, 2.45) is 0 Å². The van der Waals surface area contributed by atoms with E-state index in [4.69, 9.17) is 0 Å². The molecule has 2 heterocycles. The Balaban J connectivity index is 1.43. The van der Waals surface area contributed by atoms with E-state index >= 15 is 0 Å². The number of nitrogens with zero attached hydrogens (tertiary/aromatic N) is 6. The zero-order chi connectivity index (χ0) is 16.2. The molecular weight excluding hydrogens is 300 g/mol. The highest BCUT2D eigenvalue weighted by atomic mass is 15.5. The van der Waals surface area contributed by atoms with Gasteiger partial charge in [-0.2, -0.15) is 0 Å². The predicted molar refractivity (Wildman–Crippen MR) is 90.9 cm³/mol. The molecule has 0 saturated heterocycles. The molecule has 0 aliphatic carbocycles. The number of rotatable bonds is 5. The molecule has 0 amide bonds. The van der Waals surface area contributed by atoms with Gasteiger partial charge >= 0.3 is 0 Å². The molecular formula is C18H16N6. The summed E-state index contributed by atoms with van der Waals surface area (Å²) in [5, 5.41) is 16.8. The van der Waals surface area contributed by atoms with Crippen LogP contribution in [0.5, 0.6) is 0 Å². The Morgan fingerprint density at radius 3 is 1.42 bits per heavy atom. The van der Waals surface area contributed by atoms with Crippen molar-refractivity contribution >= 4 is 0 Å². The Kier molecular flexibility index (Phi) is 3.85. The van der Waals surface area contributed by atoms with Crippen LogP contribution in [0.2, 0.25) is 0 Å². The maximum absolute atomic E-state index is 4.22. The number of aromatic nitrogens is 6. The van der Waals surface area contributed by atoms with E-state index in [0.29, 0.717) is 13.1 Å². The Bertz CT molecular complexity index is 833. The lowest BCUT2D eigenvalue weighted by Crippen LogP contribution is -2.08. The van der Waals surface area contributed by atoms with Gasteiger partial charge in [0.1, 0.15) is 11.4 Å². The van der Waals surface area contributed by atoms with Crippen molar-refractivity contribution < 1.29 is 0 Å². The highest BCUT2D eigenvalue weighted by molar-refractivity contribution is 5.57. The molecule has 0 aliphatic rings. The first-order valence-electron chi connectivity index (χ1n) is 7.79. The third-order valence-electron chi connectivity index (χ3n) is 3.77. The normalized spacial score (nSPS) is 10.8. The Labute approximate surface area is 139 Å². The zero-order valence-electron chi connectivity index (χ0n) is 13.0. The van der Waals surface area contributed by atoms with E-state index in [1.54, 1.807) is 0 Å². The maximum atomic E-state index is 4.22. The lowest BCUT2D eigenvalue weighted by molar-refractivity contribution is 0.480. The molecule has 0 bridgehead atoms. The van der Waals surface area contributed by atoms with E-state index in [1.165, 1.54) is 0 Å². The highest BCUT2D eigenvalue weighted by Gasteiger charge is 2.05. The van der Waals surface area contributed by atoms with Gasteiger partial charge in [0, 0.05) is 11.1 Å². The molecule has 0 radical (unpaired) electrons. The molecule has 2 aromatic carbocycles. The zero-order valence-corrected chi connectivity index (χ0v) is 13.0. The van der Waals surface area contributed by atoms with Crippen LogP contribution in [-0.2, 0) is 13.1 Å². The summed E-state index contributed by atoms with van der Waals surface area (Å²) in [4.78, 5) is 0. The van der Waals surface area contributed by atoms with E-state index in [0.717, 1.165) is 22.5 Å². The second kappa shape index (κ2) is 6.45. The van der Waals surface area contributed by atoms with Crippen LogP contribution in [0.25, 0.3) is 22.5 Å². The largest absolute Gasteiger partial charge is 0.250 e. The van der Waals surface area contributed by atoms with E-state index < -0.39 is 0 Å². The van der Waals surface area contributed by atoms with Crippen LogP contribution >= 0.6 is 0 Å². The average Bonchev–Trinajstić information content (AvgIpc) is 3.31. The molecule has 4 aromatic rings. The maximum Gasteiger partial charge on any atom is 0.113 e. The molecule has 0 fully saturated rings. The third-order valence-corrected chi connectivity index (χ3v) is 3.77. The summed E-state index contributed by atoms with van der Waals surface area (Å²) in [5.74, 6) is 0. The van der Waals surface area contributed by atoms with Gasteiger partial charge in [0.2, 0.25) is 0 Å². The molecule has 24 heavy (non-hydrogen) atoms. The van der Waals surface area contributed by atoms with Crippen molar-refractivity contribution in [3.8, 4) is 22.5 Å². The molecule has 2 aromatic heterocycles. The van der Waals surface area contributed by atoms with Crippen LogP contribution in [0.4, 0.5) is 0 Å². The molecule has 0 N–H and O–H groups in total. The van der Waals surface area contributed by atoms with Gasteiger partial charge < -0.3 is 0 Å². The number of aryl methyl sites for hydroxylation is 2. The monoisotopic (exact) mass is 316 g/mol. The molecule has 0 unspecified atom stereocenters. The Morgan fingerprint density at radius 2 is 1.00 bits per heavy atom. The van der Waals surface area contributed by atoms with Crippen molar-refractivity contribution in [3.05, 3.63) is 73.1 Å². The van der Waals surface area contributed by atoms with Crippen LogP contribution in [0.1, 0.15) is 0 Å². The summed E-state index contributed by atoms with van der Waals surface area (Å²) in [6, 6.07) is 20.1. The summed E-state index contributed by atoms with van der Waals surface area (Å²) in [6.07, 6.45) is 3.90. The summed E-state index contributed by atoms with van der Waals surface area (Å²) in [7, 11) is 0. The van der Waals surface area contributed by atoms with Gasteiger partial charge in [0.05, 0.1) is 25.5 Å². The molecule has 0 aliphatic heterocycles. The molecule has 0 saturated carbocycles. The van der Waals surface area contributed by atoms with Crippen molar-refractivity contribution in [3.63, 3.8) is 0 Å². The number of hydrogen-bond acceptors (Lipinski definition) is 4. The van der Waals surface area contributed by atoms with Crippen molar-refractivity contribution in [1.29, 1.82) is 0 Å². The molecule has 118 valence electrons. The first kappa shape index (κ1) is 14.3. The van der Waals surface area contributed by atoms with Crippen molar-refractivity contribution in [1.82, 2.24) is 30.0 Å². The minimum Gasteiger partial charge on any atom is -0.250 e. The van der Waals surface area contributed by atoms with Crippen molar-refractivity contribution in [2.75, 3.05) is 0 Å². The highest BCUT2D eigenvalue weighted by Crippen LogP contribution is 2.16. The second-order valence-electron chi connectivity index (χ2n) is 5.47. The van der Waals surface area contributed by atoms with Gasteiger partial charge in [-0.3, -0.25) is 9.36 Å². The smallest absolute Gasteiger partial charge is 0.113 e. The fourth-order valence-corrected chi connectivity index (χ4v) is 2.50. The third kappa shape index (κ3) is 3.08. The first-order chi connectivity index (χ1) is 11.9. The van der Waals surface area contributed by atoms with Crippen LogP contribution in [0.15, 0.2) is 73.1 Å². The van der Waals surface area contributed by atoms with E-state index in [9.17, 15) is 0 Å². The number of benzene rings is 2. The Morgan fingerprint density at radius 1 is 0.583 bits per heavy atom. The standard InChI is InChI=1S/C18H16N6/c1-3-7-15(8-4-1)17-13-23(21-19-17)11-12-24-14-18(20-22-24)16-9-5-2-6-10-16/h1-10,13-14H,11-12H2. The summed E-state index contributed by atoms with van der Waals surface area (Å²) in [5.41, 5.74) is 3.88. The van der Waals surface area contributed by atoms with E-state index in [2.05, 4.69) is 20.6 Å². The minimum atomic E-state index is 0.692. The van der Waals surface area contributed by atoms with Crippen LogP contribution in [0.3, 0.4) is 0 Å². The van der Waals surface area contributed by atoms with Gasteiger partial charge in [-0.05, 0) is 0 Å². The van der Waals surface area contributed by atoms with Crippen LogP contribution in [-0.4, -0.2) is 30.0 Å². The quantitative estimate of drug-likeness (QED) is 0.568. The van der Waals surface area contributed by atoms with Gasteiger partial charge in [0.25, 0.3) is 0 Å². The predicted octanol–water partition coefficient (Wildman–Crippen LogP) is 2.90. The second-order valence-corrected chi connectivity index (χ2v) is 5.47. The molecule has 6 nitrogen and oxygen atoms in total. The lowest BCUT2D eigenvalue weighted by atomic mass is 10.2. The molecule has 4 rings (SSSR count). The fourth-order valence-electron chi connectivity index (χ4n) is 2.50. The lowest BCUT2D eigenvalue weighted by Gasteiger charge is -1.99. The van der Waals surface area contributed by atoms with E-state index in [1.807, 2.05) is 82.4 Å².